The molecule has 160 valence electrons. The molecule has 7 heteroatoms. The van der Waals surface area contributed by atoms with Crippen LogP contribution in [0.2, 0.25) is 0 Å². The fourth-order valence-corrected chi connectivity index (χ4v) is 2.79. The molecule has 0 spiro atoms. The fourth-order valence-electron chi connectivity index (χ4n) is 2.79. The van der Waals surface area contributed by atoms with Gasteiger partial charge in [-0.05, 0) is 62.4 Å². The summed E-state index contributed by atoms with van der Waals surface area (Å²) in [7, 11) is 3.15. The van der Waals surface area contributed by atoms with E-state index in [1.165, 1.54) is 0 Å². The summed E-state index contributed by atoms with van der Waals surface area (Å²) >= 11 is 0. The van der Waals surface area contributed by atoms with Gasteiger partial charge in [0.25, 0.3) is 0 Å². The van der Waals surface area contributed by atoms with Crippen LogP contribution in [0.4, 0.5) is 0 Å². The highest BCUT2D eigenvalue weighted by Crippen LogP contribution is 2.21. The molecule has 0 aromatic heterocycles. The second-order valence-electron chi connectivity index (χ2n) is 6.78. The van der Waals surface area contributed by atoms with Gasteiger partial charge in [-0.3, -0.25) is 0 Å². The van der Waals surface area contributed by atoms with Crippen molar-refractivity contribution in [1.82, 2.24) is 0 Å². The molecule has 2 aromatic carbocycles. The molecule has 0 aliphatic rings. The normalized spacial score (nSPS) is 15.3. The molecule has 4 atom stereocenters. The fraction of sp³-hybridized carbons (Fsp3) is 0.455. The van der Waals surface area contributed by atoms with E-state index in [0.29, 0.717) is 24.3 Å². The Balaban J connectivity index is 1.80. The van der Waals surface area contributed by atoms with Crippen molar-refractivity contribution in [2.75, 3.05) is 14.2 Å². The van der Waals surface area contributed by atoms with E-state index >= 15 is 0 Å². The molecule has 2 rings (SSSR count). The molecule has 2 N–H and O–H groups in total. The number of hydrogen-bond donors (Lipinski definition) is 2. The van der Waals surface area contributed by atoms with Crippen LogP contribution in [0.25, 0.3) is 0 Å². The first kappa shape index (κ1) is 22.8. The first-order valence-corrected chi connectivity index (χ1v) is 9.52. The smallest absolute Gasteiger partial charge is 0.202 e. The molecule has 0 amide bonds. The number of aromatic hydroxyl groups is 2. The second-order valence-corrected chi connectivity index (χ2v) is 6.78. The highest BCUT2D eigenvalue weighted by atomic mass is 16.7. The van der Waals surface area contributed by atoms with Crippen LogP contribution < -0.4 is 9.47 Å². The summed E-state index contributed by atoms with van der Waals surface area (Å²) < 4.78 is 28.4. The maximum atomic E-state index is 9.35. The van der Waals surface area contributed by atoms with Crippen LogP contribution >= 0.6 is 0 Å². The van der Waals surface area contributed by atoms with Crippen molar-refractivity contribution in [1.29, 1.82) is 0 Å². The van der Waals surface area contributed by atoms with E-state index in [4.69, 9.17) is 23.7 Å². The molecule has 29 heavy (non-hydrogen) atoms. The Hall–Kier alpha value is -2.48. The van der Waals surface area contributed by atoms with E-state index < -0.39 is 12.6 Å². The van der Waals surface area contributed by atoms with Gasteiger partial charge in [-0.15, -0.1) is 0 Å². The Morgan fingerprint density at radius 1 is 0.655 bits per heavy atom. The van der Waals surface area contributed by atoms with Crippen LogP contribution in [0.1, 0.15) is 26.7 Å². The molecule has 0 aliphatic carbocycles. The molecule has 0 fully saturated rings. The van der Waals surface area contributed by atoms with Gasteiger partial charge < -0.3 is 33.9 Å². The SMILES string of the molecule is COC(CC(C)OC(C)CC(OC)Oc1ccc(O)cc1)Oc1ccc(O)cc1. The number of rotatable bonds is 12. The van der Waals surface area contributed by atoms with Gasteiger partial charge >= 0.3 is 0 Å². The number of hydrogen-bond acceptors (Lipinski definition) is 7. The molecule has 0 radical (unpaired) electrons. The van der Waals surface area contributed by atoms with Gasteiger partial charge in [0.1, 0.15) is 23.0 Å². The van der Waals surface area contributed by atoms with Crippen LogP contribution in [-0.2, 0) is 14.2 Å². The lowest BCUT2D eigenvalue weighted by molar-refractivity contribution is -0.121. The van der Waals surface area contributed by atoms with Gasteiger partial charge in [0.15, 0.2) is 0 Å². The molecular formula is C22H30O7. The van der Waals surface area contributed by atoms with Crippen LogP contribution in [0.15, 0.2) is 48.5 Å². The predicted molar refractivity (Wildman–Crippen MR) is 108 cm³/mol. The number of phenols is 2. The van der Waals surface area contributed by atoms with Gasteiger partial charge in [-0.1, -0.05) is 0 Å². The van der Waals surface area contributed by atoms with Crippen molar-refractivity contribution in [2.45, 2.75) is 51.5 Å². The Labute approximate surface area is 171 Å². The van der Waals surface area contributed by atoms with E-state index in [-0.39, 0.29) is 23.7 Å². The molecule has 2 aromatic rings. The largest absolute Gasteiger partial charge is 0.508 e. The average molecular weight is 406 g/mol. The molecular weight excluding hydrogens is 376 g/mol. The minimum Gasteiger partial charge on any atom is -0.508 e. The maximum absolute atomic E-state index is 9.35. The molecule has 7 nitrogen and oxygen atoms in total. The quantitative estimate of drug-likeness (QED) is 0.514. The summed E-state index contributed by atoms with van der Waals surface area (Å²) in [6.07, 6.45) is -0.158. The Bertz CT molecular complexity index is 641. The summed E-state index contributed by atoms with van der Waals surface area (Å²) in [5, 5.41) is 18.7. The van der Waals surface area contributed by atoms with Crippen molar-refractivity contribution in [3.8, 4) is 23.0 Å². The zero-order chi connectivity index (χ0) is 21.2. The Morgan fingerprint density at radius 3 is 1.31 bits per heavy atom. The number of benzene rings is 2. The van der Waals surface area contributed by atoms with Crippen LogP contribution in [-0.4, -0.2) is 49.2 Å². The number of phenolic OH excluding ortho intramolecular Hbond substituents is 2. The molecule has 0 bridgehead atoms. The summed E-state index contributed by atoms with van der Waals surface area (Å²) in [5.41, 5.74) is 0. The highest BCUT2D eigenvalue weighted by molar-refractivity contribution is 5.30. The predicted octanol–water partition coefficient (Wildman–Crippen LogP) is 4.07. The minimum absolute atomic E-state index is 0.127. The van der Waals surface area contributed by atoms with Crippen molar-refractivity contribution < 1.29 is 33.9 Å². The number of ether oxygens (including phenoxy) is 5. The van der Waals surface area contributed by atoms with E-state index in [9.17, 15) is 10.2 Å². The summed E-state index contributed by atoms with van der Waals surface area (Å²) in [6.45, 7) is 3.90. The molecule has 4 unspecified atom stereocenters. The zero-order valence-corrected chi connectivity index (χ0v) is 17.3. The third kappa shape index (κ3) is 8.19. The lowest BCUT2D eigenvalue weighted by Gasteiger charge is -2.26. The third-order valence-electron chi connectivity index (χ3n) is 4.25. The van der Waals surface area contributed by atoms with Gasteiger partial charge in [0.05, 0.1) is 12.2 Å². The highest BCUT2D eigenvalue weighted by Gasteiger charge is 2.20. The van der Waals surface area contributed by atoms with Crippen molar-refractivity contribution in [2.24, 2.45) is 0 Å². The van der Waals surface area contributed by atoms with Crippen LogP contribution in [0.3, 0.4) is 0 Å². The van der Waals surface area contributed by atoms with Crippen LogP contribution in [0.5, 0.6) is 23.0 Å². The van der Waals surface area contributed by atoms with E-state index in [1.54, 1.807) is 62.8 Å². The lowest BCUT2D eigenvalue weighted by atomic mass is 10.2. The number of methoxy groups -OCH3 is 2. The Morgan fingerprint density at radius 2 is 1.00 bits per heavy atom. The first-order chi connectivity index (χ1) is 13.9. The minimum atomic E-state index is -0.479. The zero-order valence-electron chi connectivity index (χ0n) is 17.3. The molecule has 0 heterocycles. The van der Waals surface area contributed by atoms with E-state index in [1.807, 2.05) is 13.8 Å². The average Bonchev–Trinajstić information content (AvgIpc) is 2.70. The van der Waals surface area contributed by atoms with Crippen molar-refractivity contribution in [3.05, 3.63) is 48.5 Å². The first-order valence-electron chi connectivity index (χ1n) is 9.52. The standard InChI is InChI=1S/C22H30O7/c1-15(13-21(25-3)28-19-9-5-17(23)6-10-19)27-16(2)14-22(26-4)29-20-11-7-18(24)8-12-20/h5-12,15-16,21-24H,13-14H2,1-4H3. The van der Waals surface area contributed by atoms with Gasteiger partial charge in [0.2, 0.25) is 12.6 Å². The van der Waals surface area contributed by atoms with Gasteiger partial charge in [0, 0.05) is 27.1 Å². The van der Waals surface area contributed by atoms with Gasteiger partial charge in [-0.25, -0.2) is 0 Å². The second kappa shape index (κ2) is 11.5. The summed E-state index contributed by atoms with van der Waals surface area (Å²) in [4.78, 5) is 0. The van der Waals surface area contributed by atoms with E-state index in [2.05, 4.69) is 0 Å². The van der Waals surface area contributed by atoms with E-state index in [0.717, 1.165) is 0 Å². The summed E-state index contributed by atoms with van der Waals surface area (Å²) in [6, 6.07) is 13.0. The molecule has 0 saturated carbocycles. The summed E-state index contributed by atoms with van der Waals surface area (Å²) in [5.74, 6) is 1.58. The maximum Gasteiger partial charge on any atom is 0.202 e. The monoisotopic (exact) mass is 406 g/mol. The van der Waals surface area contributed by atoms with Crippen LogP contribution in [0, 0.1) is 0 Å². The Kier molecular flexibility index (Phi) is 9.05. The van der Waals surface area contributed by atoms with Gasteiger partial charge in [-0.2, -0.15) is 0 Å². The van der Waals surface area contributed by atoms with Crippen molar-refractivity contribution in [3.63, 3.8) is 0 Å². The topological polar surface area (TPSA) is 86.6 Å². The van der Waals surface area contributed by atoms with Crippen molar-refractivity contribution >= 4 is 0 Å². The molecule has 0 saturated heterocycles. The third-order valence-corrected chi connectivity index (χ3v) is 4.25. The lowest BCUT2D eigenvalue weighted by Crippen LogP contribution is -2.30. The molecule has 0 aliphatic heterocycles.